The van der Waals surface area contributed by atoms with Gasteiger partial charge in [-0.15, -0.1) is 11.3 Å². The van der Waals surface area contributed by atoms with Crippen molar-refractivity contribution in [2.24, 2.45) is 5.92 Å². The number of nitrogens with zero attached hydrogens (tertiary/aromatic N) is 1. The monoisotopic (exact) mass is 310 g/mol. The molecule has 4 heteroatoms. The molecule has 3 nitrogen and oxygen atoms in total. The molecule has 0 bridgehead atoms. The Labute approximate surface area is 133 Å². The molecule has 3 atom stereocenters. The Kier molecular flexibility index (Phi) is 5.81. The molecule has 0 aliphatic heterocycles. The summed E-state index contributed by atoms with van der Waals surface area (Å²) in [6, 6.07) is 0.352. The molecular formula is C17H30N2OS. The number of hydrogen-bond donors (Lipinski definition) is 1. The summed E-state index contributed by atoms with van der Waals surface area (Å²) in [5, 5.41) is 4.77. The highest BCUT2D eigenvalue weighted by atomic mass is 32.1. The standard InChI is InChI=1S/C17H30N2OS/c1-6-20-17(9-7-8-12(2)11-17)15(18-5)10-16-19-13(3)14(4)21-16/h12,15,18H,6-11H2,1-5H3. The highest BCUT2D eigenvalue weighted by molar-refractivity contribution is 7.11. The van der Waals surface area contributed by atoms with Gasteiger partial charge in [0, 0.05) is 23.9 Å². The van der Waals surface area contributed by atoms with Crippen molar-refractivity contribution in [3.05, 3.63) is 15.6 Å². The van der Waals surface area contributed by atoms with Crippen LogP contribution in [0.3, 0.4) is 0 Å². The first-order valence-electron chi connectivity index (χ1n) is 8.25. The lowest BCUT2D eigenvalue weighted by atomic mass is 9.73. The molecule has 0 amide bonds. The summed E-state index contributed by atoms with van der Waals surface area (Å²) in [6.45, 7) is 9.53. The molecule has 21 heavy (non-hydrogen) atoms. The van der Waals surface area contributed by atoms with Gasteiger partial charge in [-0.1, -0.05) is 19.8 Å². The first kappa shape index (κ1) is 16.9. The van der Waals surface area contributed by atoms with Crippen LogP contribution in [0.2, 0.25) is 0 Å². The number of nitrogens with one attached hydrogen (secondary N) is 1. The molecule has 1 heterocycles. The first-order chi connectivity index (χ1) is 10.0. The van der Waals surface area contributed by atoms with E-state index in [1.807, 2.05) is 11.3 Å². The average Bonchev–Trinajstić information content (AvgIpc) is 2.75. The van der Waals surface area contributed by atoms with Gasteiger partial charge in [-0.25, -0.2) is 4.98 Å². The fourth-order valence-corrected chi connectivity index (χ4v) is 4.71. The summed E-state index contributed by atoms with van der Waals surface area (Å²) in [7, 11) is 2.07. The van der Waals surface area contributed by atoms with Crippen LogP contribution in [-0.4, -0.2) is 30.3 Å². The van der Waals surface area contributed by atoms with Crippen LogP contribution in [0.1, 0.15) is 55.1 Å². The number of aryl methyl sites for hydroxylation is 2. The van der Waals surface area contributed by atoms with Crippen LogP contribution in [0.15, 0.2) is 0 Å². The van der Waals surface area contributed by atoms with E-state index in [9.17, 15) is 0 Å². The van der Waals surface area contributed by atoms with Crippen molar-refractivity contribution in [1.29, 1.82) is 0 Å². The summed E-state index contributed by atoms with van der Waals surface area (Å²) >= 11 is 1.83. The van der Waals surface area contributed by atoms with E-state index in [1.54, 1.807) is 0 Å². The number of ether oxygens (including phenoxy) is 1. The summed E-state index contributed by atoms with van der Waals surface area (Å²) < 4.78 is 6.32. The Balaban J connectivity index is 2.18. The normalized spacial score (nSPS) is 27.8. The molecule has 1 aromatic rings. The van der Waals surface area contributed by atoms with Gasteiger partial charge in [0.1, 0.15) is 0 Å². The van der Waals surface area contributed by atoms with Crippen LogP contribution < -0.4 is 5.32 Å². The number of thiazole rings is 1. The molecule has 1 saturated carbocycles. The summed E-state index contributed by atoms with van der Waals surface area (Å²) in [5.74, 6) is 0.751. The maximum absolute atomic E-state index is 6.32. The molecule has 1 aliphatic rings. The zero-order valence-corrected chi connectivity index (χ0v) is 15.0. The predicted octanol–water partition coefficient (Wildman–Crippen LogP) is 3.88. The van der Waals surface area contributed by atoms with E-state index in [1.165, 1.54) is 34.8 Å². The molecular weight excluding hydrogens is 280 g/mol. The third kappa shape index (κ3) is 3.85. The van der Waals surface area contributed by atoms with E-state index in [0.29, 0.717) is 6.04 Å². The Hall–Kier alpha value is -0.450. The zero-order chi connectivity index (χ0) is 15.5. The number of likely N-dealkylation sites (N-methyl/N-ethyl adjacent to an activating group) is 1. The predicted molar refractivity (Wildman–Crippen MR) is 90.1 cm³/mol. The van der Waals surface area contributed by atoms with Gasteiger partial charge in [0.05, 0.1) is 16.3 Å². The number of aromatic nitrogens is 1. The molecule has 1 aromatic heterocycles. The Morgan fingerprint density at radius 1 is 1.48 bits per heavy atom. The summed E-state index contributed by atoms with van der Waals surface area (Å²) in [6.07, 6.45) is 5.91. The molecule has 1 fully saturated rings. The van der Waals surface area contributed by atoms with Gasteiger partial charge in [0.15, 0.2) is 0 Å². The van der Waals surface area contributed by atoms with Gasteiger partial charge in [-0.3, -0.25) is 0 Å². The van der Waals surface area contributed by atoms with E-state index in [-0.39, 0.29) is 5.60 Å². The molecule has 1 aliphatic carbocycles. The van der Waals surface area contributed by atoms with Gasteiger partial charge in [-0.2, -0.15) is 0 Å². The van der Waals surface area contributed by atoms with Gasteiger partial charge in [0.2, 0.25) is 0 Å². The number of hydrogen-bond acceptors (Lipinski definition) is 4. The summed E-state index contributed by atoms with van der Waals surface area (Å²) in [5.41, 5.74) is 1.15. The molecule has 3 unspecified atom stereocenters. The quantitative estimate of drug-likeness (QED) is 0.866. The second kappa shape index (κ2) is 7.21. The first-order valence-corrected chi connectivity index (χ1v) is 9.06. The van der Waals surface area contributed by atoms with Crippen molar-refractivity contribution in [3.8, 4) is 0 Å². The van der Waals surface area contributed by atoms with Gasteiger partial charge >= 0.3 is 0 Å². The average molecular weight is 311 g/mol. The third-order valence-electron chi connectivity index (χ3n) is 4.86. The Morgan fingerprint density at radius 2 is 2.24 bits per heavy atom. The fourth-order valence-electron chi connectivity index (χ4n) is 3.73. The van der Waals surface area contributed by atoms with Crippen molar-refractivity contribution in [2.75, 3.05) is 13.7 Å². The molecule has 0 saturated heterocycles. The zero-order valence-electron chi connectivity index (χ0n) is 14.2. The van der Waals surface area contributed by atoms with E-state index in [2.05, 4.69) is 40.1 Å². The van der Waals surface area contributed by atoms with Crippen LogP contribution >= 0.6 is 11.3 Å². The largest absolute Gasteiger partial charge is 0.374 e. The van der Waals surface area contributed by atoms with Crippen LogP contribution in [0, 0.1) is 19.8 Å². The highest BCUT2D eigenvalue weighted by Gasteiger charge is 2.42. The topological polar surface area (TPSA) is 34.1 Å². The fraction of sp³-hybridized carbons (Fsp3) is 0.824. The maximum Gasteiger partial charge on any atom is 0.0947 e. The Bertz CT molecular complexity index is 436. The highest BCUT2D eigenvalue weighted by Crippen LogP contribution is 2.39. The van der Waals surface area contributed by atoms with Crippen molar-refractivity contribution in [3.63, 3.8) is 0 Å². The molecule has 0 radical (unpaired) electrons. The van der Waals surface area contributed by atoms with E-state index < -0.39 is 0 Å². The third-order valence-corrected chi connectivity index (χ3v) is 5.95. The van der Waals surface area contributed by atoms with Gasteiger partial charge < -0.3 is 10.1 Å². The molecule has 1 N–H and O–H groups in total. The minimum Gasteiger partial charge on any atom is -0.374 e. The Morgan fingerprint density at radius 3 is 2.76 bits per heavy atom. The van der Waals surface area contributed by atoms with E-state index in [4.69, 9.17) is 9.72 Å². The van der Waals surface area contributed by atoms with Gasteiger partial charge in [-0.05, 0) is 46.6 Å². The molecule has 2 rings (SSSR count). The molecule has 120 valence electrons. The lowest BCUT2D eigenvalue weighted by molar-refractivity contribution is -0.0988. The maximum atomic E-state index is 6.32. The van der Waals surface area contributed by atoms with Crippen molar-refractivity contribution < 1.29 is 4.74 Å². The second-order valence-electron chi connectivity index (χ2n) is 6.49. The minimum atomic E-state index is -0.0192. The number of rotatable bonds is 6. The van der Waals surface area contributed by atoms with Crippen LogP contribution in [0.4, 0.5) is 0 Å². The van der Waals surface area contributed by atoms with E-state index >= 15 is 0 Å². The smallest absolute Gasteiger partial charge is 0.0947 e. The molecule has 0 spiro atoms. The SMILES string of the molecule is CCOC1(C(Cc2nc(C)c(C)s2)NC)CCCC(C)C1. The van der Waals surface area contributed by atoms with Crippen molar-refractivity contribution in [1.82, 2.24) is 10.3 Å². The lowest BCUT2D eigenvalue weighted by Gasteiger charge is -2.45. The van der Waals surface area contributed by atoms with Gasteiger partial charge in [0.25, 0.3) is 0 Å². The summed E-state index contributed by atoms with van der Waals surface area (Å²) in [4.78, 5) is 6.06. The second-order valence-corrected chi connectivity index (χ2v) is 7.78. The van der Waals surface area contributed by atoms with Crippen molar-refractivity contribution >= 4 is 11.3 Å². The van der Waals surface area contributed by atoms with Crippen LogP contribution in [0.25, 0.3) is 0 Å². The molecule has 0 aromatic carbocycles. The van der Waals surface area contributed by atoms with Crippen molar-refractivity contribution in [2.45, 2.75) is 71.4 Å². The van der Waals surface area contributed by atoms with E-state index in [0.717, 1.165) is 25.4 Å². The lowest BCUT2D eigenvalue weighted by Crippen LogP contribution is -2.55. The minimum absolute atomic E-state index is 0.0192. The van der Waals surface area contributed by atoms with Crippen LogP contribution in [0.5, 0.6) is 0 Å². The van der Waals surface area contributed by atoms with Crippen LogP contribution in [-0.2, 0) is 11.2 Å².